The number of hydrogen-bond acceptors (Lipinski definition) is 5. The summed E-state index contributed by atoms with van der Waals surface area (Å²) < 4.78 is 5.55. The smallest absolute Gasteiger partial charge is 0.424 e. The minimum atomic E-state index is -0.585. The van der Waals surface area contributed by atoms with Crippen LogP contribution in [-0.4, -0.2) is 49.0 Å². The number of ether oxygens (including phenoxy) is 1. The van der Waals surface area contributed by atoms with E-state index in [1.165, 1.54) is 10.6 Å². The van der Waals surface area contributed by atoms with Gasteiger partial charge in [-0.1, -0.05) is 121 Å². The van der Waals surface area contributed by atoms with Crippen molar-refractivity contribution in [3.05, 3.63) is 144 Å². The maximum atomic E-state index is 13.0. The molecule has 0 aliphatic carbocycles. The fourth-order valence-corrected chi connectivity index (χ4v) is 5.19. The second kappa shape index (κ2) is 17.1. The van der Waals surface area contributed by atoms with Crippen molar-refractivity contribution in [1.29, 1.82) is 0 Å². The van der Waals surface area contributed by atoms with Crippen LogP contribution in [0.5, 0.6) is 0 Å². The molecule has 6 nitrogen and oxygen atoms in total. The van der Waals surface area contributed by atoms with Crippen LogP contribution in [0, 0.1) is 0 Å². The van der Waals surface area contributed by atoms with Gasteiger partial charge < -0.3 is 14.4 Å². The van der Waals surface area contributed by atoms with Crippen LogP contribution < -0.4 is 5.43 Å². The SMILES string of the molecule is CN(CCCC(CNN(CC=O)C(=O)OCc1ccccc1)(c1ccccc1)c1ccccc1)Cc1ccccc1.Cl. The molecule has 0 atom stereocenters. The third kappa shape index (κ3) is 9.28. The molecule has 7 heteroatoms. The number of nitrogens with one attached hydrogen (secondary N) is 1. The summed E-state index contributed by atoms with van der Waals surface area (Å²) in [6, 6.07) is 40.8. The van der Waals surface area contributed by atoms with Crippen molar-refractivity contribution in [2.24, 2.45) is 0 Å². The molecule has 0 aliphatic heterocycles. The Morgan fingerprint density at radius 3 is 1.81 bits per heavy atom. The quantitative estimate of drug-likeness (QED) is 0.125. The number of rotatable bonds is 15. The topological polar surface area (TPSA) is 61.9 Å². The van der Waals surface area contributed by atoms with Crippen LogP contribution in [0.2, 0.25) is 0 Å². The molecule has 4 aromatic rings. The van der Waals surface area contributed by atoms with Gasteiger partial charge in [0.1, 0.15) is 12.9 Å². The van der Waals surface area contributed by atoms with Crippen molar-refractivity contribution in [3.8, 4) is 0 Å². The number of carbonyl (C=O) groups is 2. The van der Waals surface area contributed by atoms with Gasteiger partial charge in [0, 0.05) is 18.5 Å². The normalized spacial score (nSPS) is 11.0. The van der Waals surface area contributed by atoms with Crippen LogP contribution in [-0.2, 0) is 28.1 Å². The lowest BCUT2D eigenvalue weighted by Gasteiger charge is -2.37. The van der Waals surface area contributed by atoms with Gasteiger partial charge in [0.2, 0.25) is 0 Å². The Morgan fingerprint density at radius 1 is 0.786 bits per heavy atom. The molecule has 0 aromatic heterocycles. The summed E-state index contributed by atoms with van der Waals surface area (Å²) in [5, 5.41) is 1.28. The number of carbonyl (C=O) groups excluding carboxylic acids is 2. The van der Waals surface area contributed by atoms with E-state index in [4.69, 9.17) is 4.74 Å². The van der Waals surface area contributed by atoms with Gasteiger partial charge in [0.15, 0.2) is 0 Å². The van der Waals surface area contributed by atoms with E-state index in [1.807, 2.05) is 72.8 Å². The molecule has 1 N–H and O–H groups in total. The molecule has 0 radical (unpaired) electrons. The minimum absolute atomic E-state index is 0. The minimum Gasteiger partial charge on any atom is -0.444 e. The van der Waals surface area contributed by atoms with Crippen LogP contribution in [0.3, 0.4) is 0 Å². The average Bonchev–Trinajstić information content (AvgIpc) is 3.02. The van der Waals surface area contributed by atoms with E-state index in [1.54, 1.807) is 0 Å². The Balaban J connectivity index is 0.00000484. The van der Waals surface area contributed by atoms with Gasteiger partial charge in [-0.3, -0.25) is 0 Å². The third-order valence-electron chi connectivity index (χ3n) is 7.35. The Bertz CT molecular complexity index is 1290. The van der Waals surface area contributed by atoms with Crippen molar-refractivity contribution < 1.29 is 14.3 Å². The molecule has 1 amide bonds. The Hall–Kier alpha value is -3.97. The lowest BCUT2D eigenvalue weighted by molar-refractivity contribution is -0.109. The van der Waals surface area contributed by atoms with E-state index in [0.29, 0.717) is 12.8 Å². The molecular formula is C35H40ClN3O3. The predicted molar refractivity (Wildman–Crippen MR) is 170 cm³/mol. The van der Waals surface area contributed by atoms with Crippen LogP contribution in [0.1, 0.15) is 35.1 Å². The van der Waals surface area contributed by atoms with E-state index in [0.717, 1.165) is 42.6 Å². The van der Waals surface area contributed by atoms with E-state index in [-0.39, 0.29) is 25.6 Å². The molecule has 4 aromatic carbocycles. The molecule has 0 aliphatic rings. The van der Waals surface area contributed by atoms with Crippen molar-refractivity contribution in [2.45, 2.75) is 31.4 Å². The van der Waals surface area contributed by atoms with Gasteiger partial charge >= 0.3 is 6.09 Å². The van der Waals surface area contributed by atoms with Crippen LogP contribution in [0.25, 0.3) is 0 Å². The standard InChI is InChI=1S/C35H39N3O3.ClH/c1-37(27-30-15-6-2-7-16-30)24-14-23-35(32-19-10-4-11-20-32,33-21-12-5-13-22-33)29-36-38(25-26-39)34(40)41-28-31-17-8-3-9-18-31;/h2-13,15-22,26,36H,14,23-25,27-29H2,1H3;1H. The number of nitrogens with zero attached hydrogens (tertiary/aromatic N) is 2. The number of hydrazine groups is 1. The van der Waals surface area contributed by atoms with E-state index >= 15 is 0 Å². The van der Waals surface area contributed by atoms with Crippen molar-refractivity contribution in [2.75, 3.05) is 26.7 Å². The fraction of sp³-hybridized carbons (Fsp3) is 0.257. The molecule has 0 spiro atoms. The first-order valence-electron chi connectivity index (χ1n) is 14.1. The molecule has 0 heterocycles. The molecule has 42 heavy (non-hydrogen) atoms. The van der Waals surface area contributed by atoms with Crippen LogP contribution in [0.4, 0.5) is 4.79 Å². The summed E-state index contributed by atoms with van der Waals surface area (Å²) >= 11 is 0. The Labute approximate surface area is 255 Å². The Morgan fingerprint density at radius 2 is 1.29 bits per heavy atom. The summed E-state index contributed by atoms with van der Waals surface area (Å²) in [5.74, 6) is 0. The molecule has 4 rings (SSSR count). The summed E-state index contributed by atoms with van der Waals surface area (Å²) in [4.78, 5) is 26.9. The second-order valence-electron chi connectivity index (χ2n) is 10.3. The molecule has 0 saturated carbocycles. The van der Waals surface area contributed by atoms with Gasteiger partial charge in [-0.05, 0) is 48.7 Å². The molecule has 0 saturated heterocycles. The number of benzene rings is 4. The summed E-state index contributed by atoms with van der Waals surface area (Å²) in [6.45, 7) is 2.22. The zero-order valence-electron chi connectivity index (χ0n) is 24.1. The number of aldehydes is 1. The van der Waals surface area contributed by atoms with Gasteiger partial charge in [-0.15, -0.1) is 12.4 Å². The first-order chi connectivity index (χ1) is 20.1. The van der Waals surface area contributed by atoms with Gasteiger partial charge in [0.25, 0.3) is 0 Å². The zero-order chi connectivity index (χ0) is 28.8. The van der Waals surface area contributed by atoms with Crippen molar-refractivity contribution in [3.63, 3.8) is 0 Å². The Kier molecular flexibility index (Phi) is 13.2. The maximum Gasteiger partial charge on any atom is 0.424 e. The maximum absolute atomic E-state index is 13.0. The third-order valence-corrected chi connectivity index (χ3v) is 7.35. The second-order valence-corrected chi connectivity index (χ2v) is 10.3. The summed E-state index contributed by atoms with van der Waals surface area (Å²) in [6.07, 6.45) is 1.89. The van der Waals surface area contributed by atoms with Gasteiger partial charge in [-0.25, -0.2) is 15.2 Å². The average molecular weight is 586 g/mol. The molecular weight excluding hydrogens is 546 g/mol. The first kappa shape index (κ1) is 32.5. The molecule has 0 fully saturated rings. The molecule has 220 valence electrons. The van der Waals surface area contributed by atoms with Gasteiger partial charge in [-0.2, -0.15) is 0 Å². The lowest BCUT2D eigenvalue weighted by Crippen LogP contribution is -2.50. The van der Waals surface area contributed by atoms with Crippen LogP contribution in [0.15, 0.2) is 121 Å². The largest absolute Gasteiger partial charge is 0.444 e. The fourth-order valence-electron chi connectivity index (χ4n) is 5.19. The monoisotopic (exact) mass is 585 g/mol. The van der Waals surface area contributed by atoms with E-state index < -0.39 is 11.5 Å². The summed E-state index contributed by atoms with van der Waals surface area (Å²) in [5.41, 5.74) is 7.30. The number of amides is 1. The molecule has 0 bridgehead atoms. The van der Waals surface area contributed by atoms with Crippen molar-refractivity contribution >= 4 is 24.8 Å². The molecule has 0 unspecified atom stereocenters. The number of halogens is 1. The van der Waals surface area contributed by atoms with E-state index in [9.17, 15) is 9.59 Å². The van der Waals surface area contributed by atoms with Crippen molar-refractivity contribution in [1.82, 2.24) is 15.3 Å². The first-order valence-corrected chi connectivity index (χ1v) is 14.1. The van der Waals surface area contributed by atoms with Gasteiger partial charge in [0.05, 0.1) is 6.54 Å². The highest BCUT2D eigenvalue weighted by atomic mass is 35.5. The number of hydrogen-bond donors (Lipinski definition) is 1. The van der Waals surface area contributed by atoms with E-state index in [2.05, 4.69) is 65.9 Å². The predicted octanol–water partition coefficient (Wildman–Crippen LogP) is 6.65. The highest BCUT2D eigenvalue weighted by Gasteiger charge is 2.35. The summed E-state index contributed by atoms with van der Waals surface area (Å²) in [7, 11) is 2.15. The van der Waals surface area contributed by atoms with Crippen LogP contribution >= 0.6 is 12.4 Å². The highest BCUT2D eigenvalue weighted by Crippen LogP contribution is 2.36. The highest BCUT2D eigenvalue weighted by molar-refractivity contribution is 5.85. The lowest BCUT2D eigenvalue weighted by atomic mass is 9.71. The zero-order valence-corrected chi connectivity index (χ0v) is 24.9.